The number of halogens is 1. The monoisotopic (exact) mass is 512 g/mol. The van der Waals surface area contributed by atoms with E-state index in [1.54, 1.807) is 30.3 Å². The van der Waals surface area contributed by atoms with Crippen LogP contribution in [0.15, 0.2) is 97.1 Å². The predicted octanol–water partition coefficient (Wildman–Crippen LogP) is 5.52. The van der Waals surface area contributed by atoms with Crippen LogP contribution >= 0.6 is 11.6 Å². The van der Waals surface area contributed by atoms with Gasteiger partial charge in [-0.1, -0.05) is 66.2 Å². The average Bonchev–Trinajstić information content (AvgIpc) is 2.89. The van der Waals surface area contributed by atoms with Crippen LogP contribution < -0.4 is 5.32 Å². The van der Waals surface area contributed by atoms with Crippen LogP contribution in [-0.2, 0) is 22.4 Å². The Hall–Kier alpha value is -4.42. The molecule has 0 aliphatic carbocycles. The number of phenols is 1. The van der Waals surface area contributed by atoms with Gasteiger partial charge in [0.1, 0.15) is 11.8 Å². The van der Waals surface area contributed by atoms with Crippen LogP contribution in [0, 0.1) is 0 Å². The molecule has 186 valence electrons. The highest BCUT2D eigenvalue weighted by molar-refractivity contribution is 6.30. The number of hydrogen-bond donors (Lipinski definition) is 3. The van der Waals surface area contributed by atoms with Gasteiger partial charge in [0.05, 0.1) is 11.4 Å². The molecule has 1 heterocycles. The van der Waals surface area contributed by atoms with Crippen molar-refractivity contribution in [2.24, 2.45) is 0 Å². The van der Waals surface area contributed by atoms with E-state index in [0.29, 0.717) is 17.1 Å². The zero-order valence-corrected chi connectivity index (χ0v) is 20.6. The number of aliphatic carboxylic acids is 1. The summed E-state index contributed by atoms with van der Waals surface area (Å²) < 4.78 is 0. The smallest absolute Gasteiger partial charge is 0.326 e. The molecule has 0 spiro atoms. The maximum atomic E-state index is 12.6. The van der Waals surface area contributed by atoms with E-state index in [-0.39, 0.29) is 12.2 Å². The first kappa shape index (κ1) is 25.7. The largest absolute Gasteiger partial charge is 0.508 e. The summed E-state index contributed by atoms with van der Waals surface area (Å²) >= 11 is 5.95. The molecular weight excluding hydrogens is 488 g/mol. The van der Waals surface area contributed by atoms with Crippen LogP contribution in [0.2, 0.25) is 5.02 Å². The fourth-order valence-corrected chi connectivity index (χ4v) is 4.04. The van der Waals surface area contributed by atoms with Gasteiger partial charge in [-0.2, -0.15) is 0 Å². The summed E-state index contributed by atoms with van der Waals surface area (Å²) in [5.41, 5.74) is 4.72. The van der Waals surface area contributed by atoms with Crippen molar-refractivity contribution in [3.05, 3.63) is 124 Å². The number of carboxylic acid groups (broad SMARTS) is 1. The number of amides is 1. The van der Waals surface area contributed by atoms with Gasteiger partial charge in [-0.05, 0) is 65.6 Å². The number of nitrogens with zero attached hydrogens (tertiary/aromatic N) is 1. The molecule has 3 aromatic carbocycles. The van der Waals surface area contributed by atoms with Gasteiger partial charge >= 0.3 is 5.97 Å². The number of carbonyl (C=O) groups is 2. The minimum absolute atomic E-state index is 0.0711. The first-order chi connectivity index (χ1) is 17.9. The van der Waals surface area contributed by atoms with Crippen molar-refractivity contribution >= 4 is 29.6 Å². The number of pyridine rings is 1. The molecule has 0 saturated carbocycles. The van der Waals surface area contributed by atoms with Crippen LogP contribution in [0.1, 0.15) is 22.4 Å². The van der Waals surface area contributed by atoms with E-state index in [1.807, 2.05) is 54.6 Å². The Morgan fingerprint density at radius 2 is 1.68 bits per heavy atom. The number of aromatic nitrogens is 1. The second-order valence-corrected chi connectivity index (χ2v) is 8.94. The average molecular weight is 513 g/mol. The Labute approximate surface area is 219 Å². The highest BCUT2D eigenvalue weighted by atomic mass is 35.5. The Bertz CT molecular complexity index is 1420. The van der Waals surface area contributed by atoms with Gasteiger partial charge in [-0.25, -0.2) is 9.78 Å². The quantitative estimate of drug-likeness (QED) is 0.256. The van der Waals surface area contributed by atoms with Crippen LogP contribution in [-0.4, -0.2) is 33.1 Å². The van der Waals surface area contributed by atoms with E-state index in [1.165, 1.54) is 18.2 Å². The maximum absolute atomic E-state index is 12.6. The zero-order valence-electron chi connectivity index (χ0n) is 19.8. The van der Waals surface area contributed by atoms with Crippen LogP contribution in [0.4, 0.5) is 0 Å². The molecule has 0 fully saturated rings. The van der Waals surface area contributed by atoms with Crippen molar-refractivity contribution in [1.29, 1.82) is 0 Å². The molecule has 1 aromatic heterocycles. The SMILES string of the molecule is O=C(C=Cc1cccc(-c2ccc(Cl)cc2)n1)N[C@@H](Cc1ccc(O)cc1Cc1ccccc1)C(=O)O. The molecule has 0 radical (unpaired) electrons. The fourth-order valence-electron chi connectivity index (χ4n) is 3.92. The van der Waals surface area contributed by atoms with Crippen molar-refractivity contribution in [2.75, 3.05) is 0 Å². The summed E-state index contributed by atoms with van der Waals surface area (Å²) in [6.45, 7) is 0. The van der Waals surface area contributed by atoms with Crippen LogP contribution in [0.25, 0.3) is 17.3 Å². The fraction of sp³-hybridized carbons (Fsp3) is 0.100. The summed E-state index contributed by atoms with van der Waals surface area (Å²) in [6.07, 6.45) is 3.41. The number of phenolic OH excluding ortho intramolecular Hbond substituents is 1. The summed E-state index contributed by atoms with van der Waals surface area (Å²) in [7, 11) is 0. The number of benzene rings is 3. The van der Waals surface area contributed by atoms with Gasteiger partial charge in [0.25, 0.3) is 0 Å². The number of carboxylic acids is 1. The Morgan fingerprint density at radius 1 is 0.919 bits per heavy atom. The van der Waals surface area contributed by atoms with E-state index < -0.39 is 17.9 Å². The van der Waals surface area contributed by atoms with Gasteiger partial charge in [0.15, 0.2) is 0 Å². The predicted molar refractivity (Wildman–Crippen MR) is 144 cm³/mol. The van der Waals surface area contributed by atoms with Crippen molar-refractivity contribution in [3.8, 4) is 17.0 Å². The third kappa shape index (κ3) is 7.29. The molecule has 0 saturated heterocycles. The van der Waals surface area contributed by atoms with Gasteiger partial charge < -0.3 is 15.5 Å². The lowest BCUT2D eigenvalue weighted by molar-refractivity contribution is -0.141. The van der Waals surface area contributed by atoms with E-state index in [4.69, 9.17) is 11.6 Å². The van der Waals surface area contributed by atoms with Crippen molar-refractivity contribution in [3.63, 3.8) is 0 Å². The topological polar surface area (TPSA) is 99.5 Å². The van der Waals surface area contributed by atoms with Gasteiger partial charge in [0, 0.05) is 23.1 Å². The molecule has 4 rings (SSSR count). The van der Waals surface area contributed by atoms with Crippen molar-refractivity contribution in [2.45, 2.75) is 18.9 Å². The van der Waals surface area contributed by atoms with Crippen molar-refractivity contribution < 1.29 is 19.8 Å². The normalized spacial score (nSPS) is 11.8. The standard InChI is InChI=1S/C30H25ClN2O4/c31-24-12-9-21(10-13-24)27-8-4-7-25(32-27)14-16-29(35)33-28(30(36)37)19-22-11-15-26(34)18-23(22)17-20-5-2-1-3-6-20/h1-16,18,28,34H,17,19H2,(H,33,35)(H,36,37)/t28-/m0/s1. The third-order valence-electron chi connectivity index (χ3n) is 5.78. The van der Waals surface area contributed by atoms with E-state index in [9.17, 15) is 19.8 Å². The molecule has 7 heteroatoms. The van der Waals surface area contributed by atoms with Crippen LogP contribution in [0.3, 0.4) is 0 Å². The highest BCUT2D eigenvalue weighted by Crippen LogP contribution is 2.22. The van der Waals surface area contributed by atoms with Gasteiger partial charge in [-0.15, -0.1) is 0 Å². The van der Waals surface area contributed by atoms with E-state index >= 15 is 0 Å². The second kappa shape index (κ2) is 12.0. The van der Waals surface area contributed by atoms with Gasteiger partial charge in [-0.3, -0.25) is 4.79 Å². The number of hydrogen-bond acceptors (Lipinski definition) is 4. The number of carbonyl (C=O) groups excluding carboxylic acids is 1. The molecule has 6 nitrogen and oxygen atoms in total. The van der Waals surface area contributed by atoms with Crippen LogP contribution in [0.5, 0.6) is 5.75 Å². The summed E-state index contributed by atoms with van der Waals surface area (Å²) in [6, 6.07) is 26.1. The lowest BCUT2D eigenvalue weighted by Gasteiger charge is -2.16. The lowest BCUT2D eigenvalue weighted by atomic mass is 9.95. The van der Waals surface area contributed by atoms with Crippen molar-refractivity contribution in [1.82, 2.24) is 10.3 Å². The highest BCUT2D eigenvalue weighted by Gasteiger charge is 2.21. The molecule has 0 aliphatic heterocycles. The minimum atomic E-state index is -1.15. The Morgan fingerprint density at radius 3 is 2.41 bits per heavy atom. The molecule has 4 aromatic rings. The molecule has 0 unspecified atom stereocenters. The minimum Gasteiger partial charge on any atom is -0.508 e. The van der Waals surface area contributed by atoms with E-state index in [0.717, 1.165) is 27.9 Å². The van der Waals surface area contributed by atoms with E-state index in [2.05, 4.69) is 10.3 Å². The number of aromatic hydroxyl groups is 1. The molecule has 37 heavy (non-hydrogen) atoms. The number of nitrogens with one attached hydrogen (secondary N) is 1. The molecule has 0 aliphatic rings. The summed E-state index contributed by atoms with van der Waals surface area (Å²) in [5.74, 6) is -1.60. The maximum Gasteiger partial charge on any atom is 0.326 e. The third-order valence-corrected chi connectivity index (χ3v) is 6.03. The van der Waals surface area contributed by atoms with Gasteiger partial charge in [0.2, 0.25) is 5.91 Å². The molecular formula is C30H25ClN2O4. The Balaban J connectivity index is 1.46. The summed E-state index contributed by atoms with van der Waals surface area (Å²) in [5, 5.41) is 22.9. The first-order valence-corrected chi connectivity index (χ1v) is 12.0. The zero-order chi connectivity index (χ0) is 26.2. The molecule has 1 atom stereocenters. The molecule has 1 amide bonds. The lowest BCUT2D eigenvalue weighted by Crippen LogP contribution is -2.41. The summed E-state index contributed by atoms with van der Waals surface area (Å²) in [4.78, 5) is 29.1. The number of rotatable bonds is 9. The Kier molecular flexibility index (Phi) is 8.33. The second-order valence-electron chi connectivity index (χ2n) is 8.51. The molecule has 0 bridgehead atoms. The molecule has 3 N–H and O–H groups in total. The first-order valence-electron chi connectivity index (χ1n) is 11.7.